The highest BCUT2D eigenvalue weighted by Gasteiger charge is 2.19. The van der Waals surface area contributed by atoms with Crippen LogP contribution in [0.4, 0.5) is 4.39 Å². The highest BCUT2D eigenvalue weighted by molar-refractivity contribution is 5.77. The molecule has 2 heterocycles. The maximum absolute atomic E-state index is 13.0. The summed E-state index contributed by atoms with van der Waals surface area (Å²) in [6.07, 6.45) is 3.86. The Morgan fingerprint density at radius 3 is 2.26 bits per heavy atom. The van der Waals surface area contributed by atoms with Crippen LogP contribution in [0.2, 0.25) is 0 Å². The third-order valence-electron chi connectivity index (χ3n) is 4.66. The number of halogens is 1. The molecule has 0 bridgehead atoms. The Morgan fingerprint density at radius 2 is 1.59 bits per heavy atom. The molecule has 1 saturated heterocycles. The van der Waals surface area contributed by atoms with Gasteiger partial charge in [0.05, 0.1) is 5.69 Å². The molecule has 27 heavy (non-hydrogen) atoms. The van der Waals surface area contributed by atoms with Gasteiger partial charge in [0.15, 0.2) is 0 Å². The molecule has 1 aromatic heterocycles. The molecule has 0 spiro atoms. The molecule has 1 fully saturated rings. The van der Waals surface area contributed by atoms with Crippen LogP contribution in [0.3, 0.4) is 0 Å². The van der Waals surface area contributed by atoms with Gasteiger partial charge in [0.1, 0.15) is 23.9 Å². The van der Waals surface area contributed by atoms with E-state index >= 15 is 0 Å². The lowest BCUT2D eigenvalue weighted by Crippen LogP contribution is -2.31. The van der Waals surface area contributed by atoms with E-state index in [-0.39, 0.29) is 18.3 Å². The van der Waals surface area contributed by atoms with Crippen LogP contribution in [-0.2, 0) is 11.3 Å². The Labute approximate surface area is 157 Å². The molecule has 6 heteroatoms. The average molecular weight is 365 g/mol. The summed E-state index contributed by atoms with van der Waals surface area (Å²) in [6.45, 7) is 1.92. The van der Waals surface area contributed by atoms with Gasteiger partial charge in [-0.1, -0.05) is 0 Å². The molecule has 0 unspecified atom stereocenters. The van der Waals surface area contributed by atoms with Crippen molar-refractivity contribution in [2.45, 2.75) is 19.4 Å². The fraction of sp³-hybridized carbons (Fsp3) is 0.238. The first-order valence-electron chi connectivity index (χ1n) is 9.02. The van der Waals surface area contributed by atoms with Crippen molar-refractivity contribution < 1.29 is 13.9 Å². The normalized spacial score (nSPS) is 13.7. The van der Waals surface area contributed by atoms with Crippen LogP contribution in [0.25, 0.3) is 11.3 Å². The Balaban J connectivity index is 1.47. The van der Waals surface area contributed by atoms with Gasteiger partial charge in [0.25, 0.3) is 0 Å². The van der Waals surface area contributed by atoms with Crippen LogP contribution >= 0.6 is 0 Å². The summed E-state index contributed by atoms with van der Waals surface area (Å²) in [6, 6.07) is 15.3. The molecule has 2 aromatic carbocycles. The van der Waals surface area contributed by atoms with E-state index in [4.69, 9.17) is 4.74 Å². The van der Waals surface area contributed by atoms with Crippen LogP contribution in [0.15, 0.2) is 60.8 Å². The van der Waals surface area contributed by atoms with Crippen molar-refractivity contribution in [2.75, 3.05) is 13.1 Å². The van der Waals surface area contributed by atoms with Crippen LogP contribution in [0.5, 0.6) is 11.5 Å². The van der Waals surface area contributed by atoms with Gasteiger partial charge >= 0.3 is 0 Å². The van der Waals surface area contributed by atoms with Gasteiger partial charge in [-0.05, 0) is 67.4 Å². The van der Waals surface area contributed by atoms with E-state index in [1.54, 1.807) is 23.0 Å². The Bertz CT molecular complexity index is 913. The number of benzene rings is 2. The zero-order valence-electron chi connectivity index (χ0n) is 14.8. The van der Waals surface area contributed by atoms with Gasteiger partial charge in [-0.3, -0.25) is 9.48 Å². The summed E-state index contributed by atoms with van der Waals surface area (Å²) in [7, 11) is 0. The number of carbonyl (C=O) groups is 1. The van der Waals surface area contributed by atoms with Crippen molar-refractivity contribution in [3.63, 3.8) is 0 Å². The molecule has 0 N–H and O–H groups in total. The van der Waals surface area contributed by atoms with Gasteiger partial charge in [-0.2, -0.15) is 5.10 Å². The molecule has 1 aliphatic heterocycles. The van der Waals surface area contributed by atoms with E-state index in [9.17, 15) is 9.18 Å². The molecule has 1 amide bonds. The number of hydrogen-bond donors (Lipinski definition) is 0. The second-order valence-electron chi connectivity index (χ2n) is 6.54. The first kappa shape index (κ1) is 17.3. The topological polar surface area (TPSA) is 47.4 Å². The SMILES string of the molecule is O=C(Cn1nccc1-c1ccc(Oc2ccc(F)cc2)cc1)N1CCCC1. The number of aromatic nitrogens is 2. The molecule has 1 aliphatic rings. The molecule has 138 valence electrons. The summed E-state index contributed by atoms with van der Waals surface area (Å²) >= 11 is 0. The lowest BCUT2D eigenvalue weighted by Gasteiger charge is -2.16. The third-order valence-corrected chi connectivity index (χ3v) is 4.66. The summed E-state index contributed by atoms with van der Waals surface area (Å²) < 4.78 is 20.4. The fourth-order valence-electron chi connectivity index (χ4n) is 3.23. The number of rotatable bonds is 5. The number of nitrogens with zero attached hydrogens (tertiary/aromatic N) is 3. The van der Waals surface area contributed by atoms with E-state index in [0.717, 1.165) is 37.2 Å². The molecule has 0 radical (unpaired) electrons. The first-order chi connectivity index (χ1) is 13.2. The molecular formula is C21H20FN3O2. The predicted octanol–water partition coefficient (Wildman–Crippen LogP) is 4.10. The van der Waals surface area contributed by atoms with Crippen LogP contribution < -0.4 is 4.74 Å². The minimum atomic E-state index is -0.297. The number of likely N-dealkylation sites (tertiary alicyclic amines) is 1. The predicted molar refractivity (Wildman–Crippen MR) is 100.0 cm³/mol. The molecule has 0 aliphatic carbocycles. The third kappa shape index (κ3) is 4.00. The van der Waals surface area contributed by atoms with Crippen molar-refractivity contribution in [3.05, 3.63) is 66.6 Å². The minimum absolute atomic E-state index is 0.105. The number of carbonyl (C=O) groups excluding carboxylic acids is 1. The lowest BCUT2D eigenvalue weighted by molar-refractivity contribution is -0.130. The maximum Gasteiger partial charge on any atom is 0.244 e. The largest absolute Gasteiger partial charge is 0.457 e. The van der Waals surface area contributed by atoms with Crippen LogP contribution in [0.1, 0.15) is 12.8 Å². The number of hydrogen-bond acceptors (Lipinski definition) is 3. The molecule has 5 nitrogen and oxygen atoms in total. The summed E-state index contributed by atoms with van der Waals surface area (Å²) in [5.74, 6) is 1.04. The van der Waals surface area contributed by atoms with Crippen LogP contribution in [0, 0.1) is 5.82 Å². The molecule has 0 atom stereocenters. The first-order valence-corrected chi connectivity index (χ1v) is 9.02. The van der Waals surface area contributed by atoms with Crippen molar-refractivity contribution in [2.24, 2.45) is 0 Å². The monoisotopic (exact) mass is 365 g/mol. The molecule has 4 rings (SSSR count). The van der Waals surface area contributed by atoms with E-state index in [0.29, 0.717) is 11.5 Å². The standard InChI is InChI=1S/C21H20FN3O2/c22-17-5-9-19(10-6-17)27-18-7-3-16(4-8-18)20-11-12-23-25(20)15-21(26)24-13-1-2-14-24/h3-12H,1-2,13-15H2. The highest BCUT2D eigenvalue weighted by atomic mass is 19.1. The minimum Gasteiger partial charge on any atom is -0.457 e. The van der Waals surface area contributed by atoms with Gasteiger partial charge in [0.2, 0.25) is 5.91 Å². The van der Waals surface area contributed by atoms with Crippen molar-refractivity contribution in [1.82, 2.24) is 14.7 Å². The number of amides is 1. The van der Waals surface area contributed by atoms with Crippen molar-refractivity contribution >= 4 is 5.91 Å². The Kier molecular flexibility index (Phi) is 4.87. The quantitative estimate of drug-likeness (QED) is 0.684. The molecule has 3 aromatic rings. The fourth-order valence-corrected chi connectivity index (χ4v) is 3.23. The summed E-state index contributed by atoms with van der Waals surface area (Å²) in [5.41, 5.74) is 1.84. The van der Waals surface area contributed by atoms with Gasteiger partial charge in [-0.25, -0.2) is 4.39 Å². The van der Waals surface area contributed by atoms with Gasteiger partial charge in [-0.15, -0.1) is 0 Å². The Hall–Kier alpha value is -3.15. The summed E-state index contributed by atoms with van der Waals surface area (Å²) in [4.78, 5) is 14.3. The van der Waals surface area contributed by atoms with Crippen molar-refractivity contribution in [3.8, 4) is 22.8 Å². The average Bonchev–Trinajstić information content (AvgIpc) is 3.36. The van der Waals surface area contributed by atoms with E-state index < -0.39 is 0 Å². The second-order valence-corrected chi connectivity index (χ2v) is 6.54. The van der Waals surface area contributed by atoms with E-state index in [1.165, 1.54) is 12.1 Å². The lowest BCUT2D eigenvalue weighted by atomic mass is 10.1. The van der Waals surface area contributed by atoms with Gasteiger partial charge in [0, 0.05) is 24.8 Å². The molecule has 0 saturated carbocycles. The molecular weight excluding hydrogens is 345 g/mol. The zero-order chi connectivity index (χ0) is 18.6. The zero-order valence-corrected chi connectivity index (χ0v) is 14.8. The Morgan fingerprint density at radius 1 is 0.963 bits per heavy atom. The van der Waals surface area contributed by atoms with E-state index in [1.807, 2.05) is 35.2 Å². The number of ether oxygens (including phenoxy) is 1. The van der Waals surface area contributed by atoms with Crippen LogP contribution in [-0.4, -0.2) is 33.7 Å². The van der Waals surface area contributed by atoms with Gasteiger partial charge < -0.3 is 9.64 Å². The highest BCUT2D eigenvalue weighted by Crippen LogP contribution is 2.26. The second kappa shape index (κ2) is 7.61. The summed E-state index contributed by atoms with van der Waals surface area (Å²) in [5, 5.41) is 4.30. The van der Waals surface area contributed by atoms with E-state index in [2.05, 4.69) is 5.10 Å². The van der Waals surface area contributed by atoms with Crippen molar-refractivity contribution in [1.29, 1.82) is 0 Å². The maximum atomic E-state index is 13.0. The smallest absolute Gasteiger partial charge is 0.244 e.